The fraction of sp³-hybridized carbons (Fsp3) is 0.667. The van der Waals surface area contributed by atoms with E-state index in [1.807, 2.05) is 0 Å². The molecule has 0 spiro atoms. The molecule has 0 fully saturated rings. The molecule has 0 rings (SSSR count). The molecule has 0 saturated carbocycles. The fourth-order valence-corrected chi connectivity index (χ4v) is 1.06. The van der Waals surface area contributed by atoms with Crippen LogP contribution >= 0.6 is 0 Å². The maximum Gasteiger partial charge on any atom is 2.00 e. The standard InChI is InChI=1S/2C6H10O6.Ba/c2*7-2-5(10)3(8)1-4(9)6(11)12;/h2*3,5,7-8,10H,1-2H2,(H,11,12);/q;;+2/p-2/t2*3-,5+;/m00./s1. The van der Waals surface area contributed by atoms with Crippen molar-refractivity contribution < 1.29 is 60.0 Å². The third kappa shape index (κ3) is 14.5. The Morgan fingerprint density at radius 1 is 0.640 bits per heavy atom. The van der Waals surface area contributed by atoms with Gasteiger partial charge in [-0.25, -0.2) is 0 Å². The molecule has 0 aliphatic rings. The number of Topliss-reactive ketones (excluding diaryl/α,β-unsaturated/α-hetero) is 2. The van der Waals surface area contributed by atoms with Crippen molar-refractivity contribution in [3.8, 4) is 0 Å². The average Bonchev–Trinajstić information content (AvgIpc) is 2.53. The summed E-state index contributed by atoms with van der Waals surface area (Å²) in [6.45, 7) is -1.47. The number of carbonyl (C=O) groups is 4. The first-order valence-corrected chi connectivity index (χ1v) is 6.40. The molecule has 0 amide bonds. The van der Waals surface area contributed by atoms with Crippen LogP contribution in [0.1, 0.15) is 12.8 Å². The first-order valence-electron chi connectivity index (χ1n) is 6.40. The van der Waals surface area contributed by atoms with Crippen molar-refractivity contribution in [1.82, 2.24) is 0 Å². The quantitative estimate of drug-likeness (QED) is 0.123. The molecule has 4 atom stereocenters. The molecule has 0 aliphatic carbocycles. The van der Waals surface area contributed by atoms with Gasteiger partial charge >= 0.3 is 48.9 Å². The van der Waals surface area contributed by atoms with Crippen molar-refractivity contribution in [2.24, 2.45) is 0 Å². The average molecular weight is 492 g/mol. The number of aliphatic carboxylic acids is 2. The number of aliphatic hydroxyl groups is 6. The van der Waals surface area contributed by atoms with E-state index in [4.69, 9.17) is 30.6 Å². The number of rotatable bonds is 10. The van der Waals surface area contributed by atoms with E-state index < -0.39 is 74.0 Å². The van der Waals surface area contributed by atoms with Crippen LogP contribution in [0, 0.1) is 0 Å². The van der Waals surface area contributed by atoms with Gasteiger partial charge in [-0.2, -0.15) is 0 Å². The van der Waals surface area contributed by atoms with Gasteiger partial charge in [-0.1, -0.05) is 0 Å². The minimum Gasteiger partial charge on any atom is -0.542 e. The molecule has 0 unspecified atom stereocenters. The Hall–Kier alpha value is -0.389. The van der Waals surface area contributed by atoms with E-state index in [1.54, 1.807) is 0 Å². The maximum absolute atomic E-state index is 10.4. The molecular formula is C12H18BaO12. The second-order valence-electron chi connectivity index (χ2n) is 4.46. The van der Waals surface area contributed by atoms with Crippen molar-refractivity contribution in [3.63, 3.8) is 0 Å². The SMILES string of the molecule is O=C([O-])C(=O)C[C@H](O)[C@H](O)CO.O=C([O-])C(=O)C[C@H](O)[C@H](O)CO.[Ba+2]. The summed E-state index contributed by atoms with van der Waals surface area (Å²) in [6.07, 6.45) is -7.67. The third-order valence-electron chi connectivity index (χ3n) is 2.51. The molecule has 0 heterocycles. The summed E-state index contributed by atoms with van der Waals surface area (Å²) in [5, 5.41) is 71.2. The predicted octanol–water partition coefficient (Wildman–Crippen LogP) is -7.56. The first kappa shape index (κ1) is 29.4. The van der Waals surface area contributed by atoms with Gasteiger partial charge in [0.2, 0.25) is 0 Å². The van der Waals surface area contributed by atoms with Crippen LogP contribution in [0.5, 0.6) is 0 Å². The van der Waals surface area contributed by atoms with E-state index in [1.165, 1.54) is 0 Å². The number of hydrogen-bond acceptors (Lipinski definition) is 12. The molecule has 0 aliphatic heterocycles. The Morgan fingerprint density at radius 3 is 1.04 bits per heavy atom. The second-order valence-corrected chi connectivity index (χ2v) is 4.46. The van der Waals surface area contributed by atoms with Crippen LogP contribution in [0.4, 0.5) is 0 Å². The van der Waals surface area contributed by atoms with Crippen LogP contribution in [-0.4, -0.2) is 141 Å². The van der Waals surface area contributed by atoms with E-state index in [-0.39, 0.29) is 48.9 Å². The van der Waals surface area contributed by atoms with Gasteiger partial charge in [0, 0.05) is 12.8 Å². The maximum atomic E-state index is 10.4. The van der Waals surface area contributed by atoms with Crippen LogP contribution in [-0.2, 0) is 19.2 Å². The Kier molecular flexibility index (Phi) is 18.6. The van der Waals surface area contributed by atoms with Crippen LogP contribution in [0.15, 0.2) is 0 Å². The number of aliphatic hydroxyl groups excluding tert-OH is 6. The summed E-state index contributed by atoms with van der Waals surface area (Å²) in [5.41, 5.74) is 0. The van der Waals surface area contributed by atoms with E-state index >= 15 is 0 Å². The molecule has 0 bridgehead atoms. The van der Waals surface area contributed by atoms with Gasteiger partial charge in [-0.05, 0) is 0 Å². The Labute approximate surface area is 181 Å². The van der Waals surface area contributed by atoms with Crippen molar-refractivity contribution >= 4 is 72.4 Å². The minimum atomic E-state index is -1.92. The zero-order chi connectivity index (χ0) is 19.4. The van der Waals surface area contributed by atoms with Crippen LogP contribution in [0.25, 0.3) is 0 Å². The Balaban J connectivity index is -0.000000372. The van der Waals surface area contributed by atoms with E-state index in [2.05, 4.69) is 0 Å². The molecule has 0 radical (unpaired) electrons. The van der Waals surface area contributed by atoms with Crippen LogP contribution < -0.4 is 10.2 Å². The van der Waals surface area contributed by atoms with Gasteiger partial charge in [-0.3, -0.25) is 9.59 Å². The second kappa shape index (κ2) is 15.8. The molecule has 0 aromatic rings. The normalized spacial score (nSPS) is 14.6. The number of carbonyl (C=O) groups excluding carboxylic acids is 4. The van der Waals surface area contributed by atoms with Gasteiger partial charge in [0.15, 0.2) is 11.6 Å². The monoisotopic (exact) mass is 492 g/mol. The van der Waals surface area contributed by atoms with Gasteiger partial charge in [0.05, 0.1) is 25.4 Å². The topological polar surface area (TPSA) is 236 Å². The van der Waals surface area contributed by atoms with Crippen LogP contribution in [0.2, 0.25) is 0 Å². The fourth-order valence-electron chi connectivity index (χ4n) is 1.06. The minimum absolute atomic E-state index is 0. The van der Waals surface area contributed by atoms with Crippen LogP contribution in [0.3, 0.4) is 0 Å². The summed E-state index contributed by atoms with van der Waals surface area (Å²) in [5.74, 6) is -6.46. The summed E-state index contributed by atoms with van der Waals surface area (Å²) in [4.78, 5) is 40.4. The molecule has 0 aromatic carbocycles. The molecule has 13 heteroatoms. The molecule has 25 heavy (non-hydrogen) atoms. The summed E-state index contributed by atoms with van der Waals surface area (Å²) in [7, 11) is 0. The number of carboxylic acid groups (broad SMARTS) is 2. The van der Waals surface area contributed by atoms with E-state index in [0.29, 0.717) is 0 Å². The van der Waals surface area contributed by atoms with Crippen molar-refractivity contribution in [2.75, 3.05) is 13.2 Å². The number of ketones is 2. The first-order chi connectivity index (χ1) is 11.0. The van der Waals surface area contributed by atoms with Gasteiger partial charge < -0.3 is 50.4 Å². The molecule has 140 valence electrons. The van der Waals surface area contributed by atoms with Gasteiger partial charge in [-0.15, -0.1) is 0 Å². The third-order valence-corrected chi connectivity index (χ3v) is 2.51. The Morgan fingerprint density at radius 2 is 0.880 bits per heavy atom. The summed E-state index contributed by atoms with van der Waals surface area (Å²) in [6, 6.07) is 0. The number of carboxylic acids is 2. The zero-order valence-electron chi connectivity index (χ0n) is 13.0. The molecule has 0 saturated heterocycles. The van der Waals surface area contributed by atoms with Crippen molar-refractivity contribution in [3.05, 3.63) is 0 Å². The molecule has 6 N–H and O–H groups in total. The van der Waals surface area contributed by atoms with Crippen molar-refractivity contribution in [1.29, 1.82) is 0 Å². The smallest absolute Gasteiger partial charge is 0.542 e. The van der Waals surface area contributed by atoms with E-state index in [0.717, 1.165) is 0 Å². The zero-order valence-corrected chi connectivity index (χ0v) is 17.4. The van der Waals surface area contributed by atoms with Gasteiger partial charge in [0.1, 0.15) is 24.1 Å². The van der Waals surface area contributed by atoms with Crippen molar-refractivity contribution in [2.45, 2.75) is 37.3 Å². The summed E-state index contributed by atoms with van der Waals surface area (Å²) < 4.78 is 0. The Bertz CT molecular complexity index is 400. The largest absolute Gasteiger partial charge is 2.00 e. The molecular weight excluding hydrogens is 473 g/mol. The van der Waals surface area contributed by atoms with E-state index in [9.17, 15) is 29.4 Å². The number of hydrogen-bond donors (Lipinski definition) is 6. The van der Waals surface area contributed by atoms with Gasteiger partial charge in [0.25, 0.3) is 0 Å². The summed E-state index contributed by atoms with van der Waals surface area (Å²) >= 11 is 0. The molecule has 12 nitrogen and oxygen atoms in total. The molecule has 0 aromatic heterocycles. The predicted molar refractivity (Wildman–Crippen MR) is 73.2 cm³/mol.